The fourth-order valence-electron chi connectivity index (χ4n) is 1.37. The average molecular weight is 249 g/mol. The van der Waals surface area contributed by atoms with Crippen molar-refractivity contribution in [3.8, 4) is 11.8 Å². The van der Waals surface area contributed by atoms with Crippen LogP contribution in [0.5, 0.6) is 5.75 Å². The van der Waals surface area contributed by atoms with Gasteiger partial charge in [0.2, 0.25) is 0 Å². The van der Waals surface area contributed by atoms with Gasteiger partial charge < -0.3 is 10.5 Å². The van der Waals surface area contributed by atoms with Gasteiger partial charge in [0.05, 0.1) is 23.7 Å². The van der Waals surface area contributed by atoms with Gasteiger partial charge in [-0.2, -0.15) is 5.26 Å². The van der Waals surface area contributed by atoms with Gasteiger partial charge in [0, 0.05) is 6.07 Å². The van der Waals surface area contributed by atoms with Crippen molar-refractivity contribution in [1.82, 2.24) is 0 Å². The van der Waals surface area contributed by atoms with Gasteiger partial charge in [-0.3, -0.25) is 10.1 Å². The lowest BCUT2D eigenvalue weighted by Gasteiger charge is -2.14. The van der Waals surface area contributed by atoms with E-state index in [0.29, 0.717) is 25.2 Å². The molecule has 0 aliphatic carbocycles. The van der Waals surface area contributed by atoms with E-state index in [0.717, 1.165) is 0 Å². The molecular formula is C12H15N3O3. The van der Waals surface area contributed by atoms with Crippen LogP contribution in [0.1, 0.15) is 19.8 Å². The maximum absolute atomic E-state index is 10.6. The smallest absolute Gasteiger partial charge is 0.273 e. The van der Waals surface area contributed by atoms with Crippen LogP contribution in [-0.2, 0) is 0 Å². The van der Waals surface area contributed by atoms with E-state index < -0.39 is 10.5 Å². The molecule has 0 saturated heterocycles. The summed E-state index contributed by atoms with van der Waals surface area (Å²) in [7, 11) is 0. The van der Waals surface area contributed by atoms with Crippen molar-refractivity contribution in [3.05, 3.63) is 34.4 Å². The molecule has 0 heterocycles. The third-order valence-electron chi connectivity index (χ3n) is 2.39. The van der Waals surface area contributed by atoms with Gasteiger partial charge in [-0.05, 0) is 25.8 Å². The SMILES string of the molecule is CC(N)(C#N)CCCOc1cccc([N+](=O)[O-])c1. The number of non-ortho nitro benzene ring substituents is 1. The first-order chi connectivity index (χ1) is 8.44. The molecule has 0 aliphatic rings. The van der Waals surface area contributed by atoms with E-state index in [2.05, 4.69) is 0 Å². The summed E-state index contributed by atoms with van der Waals surface area (Å²) < 4.78 is 5.37. The molecule has 18 heavy (non-hydrogen) atoms. The van der Waals surface area contributed by atoms with Gasteiger partial charge in [-0.1, -0.05) is 6.07 Å². The fourth-order valence-corrected chi connectivity index (χ4v) is 1.37. The van der Waals surface area contributed by atoms with E-state index in [-0.39, 0.29) is 5.69 Å². The molecule has 0 amide bonds. The number of nitrogens with zero attached hydrogens (tertiary/aromatic N) is 2. The van der Waals surface area contributed by atoms with Gasteiger partial charge in [0.15, 0.2) is 0 Å². The lowest BCUT2D eigenvalue weighted by Crippen LogP contribution is -2.34. The third kappa shape index (κ3) is 4.39. The minimum Gasteiger partial charge on any atom is -0.493 e. The zero-order chi connectivity index (χ0) is 13.6. The van der Waals surface area contributed by atoms with Crippen molar-refractivity contribution >= 4 is 5.69 Å². The molecule has 0 spiro atoms. The van der Waals surface area contributed by atoms with Crippen LogP contribution in [0.3, 0.4) is 0 Å². The molecule has 1 rings (SSSR count). The molecule has 96 valence electrons. The van der Waals surface area contributed by atoms with Gasteiger partial charge in [-0.25, -0.2) is 0 Å². The highest BCUT2D eigenvalue weighted by molar-refractivity contribution is 5.37. The molecule has 0 aliphatic heterocycles. The number of benzene rings is 1. The number of nitrogens with two attached hydrogens (primary N) is 1. The Labute approximate surface area is 105 Å². The lowest BCUT2D eigenvalue weighted by molar-refractivity contribution is -0.384. The standard InChI is InChI=1S/C12H15N3O3/c1-12(14,9-13)6-3-7-18-11-5-2-4-10(8-11)15(16)17/h2,4-5,8H,3,6-7,14H2,1H3. The lowest BCUT2D eigenvalue weighted by atomic mass is 10.00. The van der Waals surface area contributed by atoms with Gasteiger partial charge >= 0.3 is 0 Å². The Kier molecular flexibility index (Phi) is 4.63. The Bertz CT molecular complexity index is 466. The number of hydrogen-bond acceptors (Lipinski definition) is 5. The van der Waals surface area contributed by atoms with E-state index in [4.69, 9.17) is 15.7 Å². The van der Waals surface area contributed by atoms with Gasteiger partial charge in [-0.15, -0.1) is 0 Å². The average Bonchev–Trinajstić information content (AvgIpc) is 2.35. The maximum atomic E-state index is 10.6. The van der Waals surface area contributed by atoms with Crippen LogP contribution < -0.4 is 10.5 Å². The van der Waals surface area contributed by atoms with Crippen LogP contribution in [0.25, 0.3) is 0 Å². The van der Waals surface area contributed by atoms with Crippen LogP contribution in [-0.4, -0.2) is 17.1 Å². The van der Waals surface area contributed by atoms with Gasteiger partial charge in [0.25, 0.3) is 5.69 Å². The number of nitro benzene ring substituents is 1. The quantitative estimate of drug-likeness (QED) is 0.472. The first-order valence-electron chi connectivity index (χ1n) is 5.52. The van der Waals surface area contributed by atoms with E-state index in [9.17, 15) is 10.1 Å². The predicted molar refractivity (Wildman–Crippen MR) is 66.0 cm³/mol. The molecule has 0 bridgehead atoms. The molecule has 1 unspecified atom stereocenters. The summed E-state index contributed by atoms with van der Waals surface area (Å²) in [6.45, 7) is 2.02. The van der Waals surface area contributed by atoms with Crippen molar-refractivity contribution in [3.63, 3.8) is 0 Å². The summed E-state index contributed by atoms with van der Waals surface area (Å²) in [6.07, 6.45) is 1.13. The highest BCUT2D eigenvalue weighted by atomic mass is 16.6. The zero-order valence-corrected chi connectivity index (χ0v) is 10.1. The minimum atomic E-state index is -0.855. The molecule has 0 aromatic heterocycles. The highest BCUT2D eigenvalue weighted by Gasteiger charge is 2.16. The first-order valence-corrected chi connectivity index (χ1v) is 5.52. The third-order valence-corrected chi connectivity index (χ3v) is 2.39. The molecule has 6 nitrogen and oxygen atoms in total. The van der Waals surface area contributed by atoms with Crippen molar-refractivity contribution in [2.45, 2.75) is 25.3 Å². The molecule has 2 N–H and O–H groups in total. The zero-order valence-electron chi connectivity index (χ0n) is 10.1. The van der Waals surface area contributed by atoms with Crippen LogP contribution in [0.15, 0.2) is 24.3 Å². The molecule has 1 atom stereocenters. The maximum Gasteiger partial charge on any atom is 0.273 e. The van der Waals surface area contributed by atoms with Crippen molar-refractivity contribution in [2.24, 2.45) is 5.73 Å². The van der Waals surface area contributed by atoms with Gasteiger partial charge in [0.1, 0.15) is 11.3 Å². The Morgan fingerprint density at radius 1 is 1.61 bits per heavy atom. The number of hydrogen-bond donors (Lipinski definition) is 1. The van der Waals surface area contributed by atoms with Crippen molar-refractivity contribution in [1.29, 1.82) is 5.26 Å². The Hall–Kier alpha value is -2.13. The highest BCUT2D eigenvalue weighted by Crippen LogP contribution is 2.19. The summed E-state index contributed by atoms with van der Waals surface area (Å²) in [5.74, 6) is 0.444. The van der Waals surface area contributed by atoms with E-state index in [1.807, 2.05) is 6.07 Å². The molecule has 1 aromatic rings. The summed E-state index contributed by atoms with van der Waals surface area (Å²) in [5, 5.41) is 19.3. The van der Waals surface area contributed by atoms with Crippen molar-refractivity contribution in [2.75, 3.05) is 6.61 Å². The van der Waals surface area contributed by atoms with Crippen LogP contribution >= 0.6 is 0 Å². The molecule has 6 heteroatoms. The second kappa shape index (κ2) is 5.98. The summed E-state index contributed by atoms with van der Waals surface area (Å²) >= 11 is 0. The van der Waals surface area contributed by atoms with E-state index in [1.54, 1.807) is 19.1 Å². The van der Waals surface area contributed by atoms with E-state index >= 15 is 0 Å². The van der Waals surface area contributed by atoms with Crippen molar-refractivity contribution < 1.29 is 9.66 Å². The van der Waals surface area contributed by atoms with Crippen LogP contribution in [0.4, 0.5) is 5.69 Å². The Morgan fingerprint density at radius 3 is 2.94 bits per heavy atom. The fraction of sp³-hybridized carbons (Fsp3) is 0.417. The second-order valence-corrected chi connectivity index (χ2v) is 4.24. The summed E-state index contributed by atoms with van der Waals surface area (Å²) in [6, 6.07) is 7.98. The van der Waals surface area contributed by atoms with E-state index in [1.165, 1.54) is 12.1 Å². The Balaban J connectivity index is 2.43. The van der Waals surface area contributed by atoms with Crippen LogP contribution in [0, 0.1) is 21.4 Å². The molecular weight excluding hydrogens is 234 g/mol. The second-order valence-electron chi connectivity index (χ2n) is 4.24. The predicted octanol–water partition coefficient (Wildman–Crippen LogP) is 1.99. The number of ether oxygens (including phenoxy) is 1. The molecule has 0 saturated carbocycles. The molecule has 1 aromatic carbocycles. The Morgan fingerprint density at radius 2 is 2.33 bits per heavy atom. The number of rotatable bonds is 6. The summed E-state index contributed by atoms with van der Waals surface area (Å²) in [4.78, 5) is 10.1. The number of nitro groups is 1. The van der Waals surface area contributed by atoms with Crippen LogP contribution in [0.2, 0.25) is 0 Å². The molecule has 0 fully saturated rings. The molecule has 0 radical (unpaired) electrons. The first kappa shape index (κ1) is 13.9. The normalized spacial score (nSPS) is 13.4. The topological polar surface area (TPSA) is 102 Å². The summed E-state index contributed by atoms with van der Waals surface area (Å²) in [5.41, 5.74) is 4.79. The largest absolute Gasteiger partial charge is 0.493 e. The number of nitriles is 1. The monoisotopic (exact) mass is 249 g/mol. The minimum absolute atomic E-state index is 0.00631.